The van der Waals surface area contributed by atoms with E-state index in [0.717, 1.165) is 19.3 Å². The fourth-order valence-corrected chi connectivity index (χ4v) is 2.98. The van der Waals surface area contributed by atoms with Crippen LogP contribution in [0, 0.1) is 5.41 Å². The lowest BCUT2D eigenvalue weighted by molar-refractivity contribution is -0.150. The molecule has 0 spiro atoms. The van der Waals surface area contributed by atoms with Gasteiger partial charge in [0.2, 0.25) is 0 Å². The van der Waals surface area contributed by atoms with Crippen LogP contribution in [0.4, 0.5) is 0 Å². The van der Waals surface area contributed by atoms with Crippen LogP contribution in [-0.2, 0) is 14.3 Å². The summed E-state index contributed by atoms with van der Waals surface area (Å²) in [6.45, 7) is 1.25. The Morgan fingerprint density at radius 3 is 1.70 bits per heavy atom. The zero-order chi connectivity index (χ0) is 20.4. The maximum atomic E-state index is 11.8. The summed E-state index contributed by atoms with van der Waals surface area (Å²) in [4.78, 5) is 22.5. The molecule has 0 saturated heterocycles. The number of aliphatic carboxylic acids is 1. The molecule has 0 rings (SSSR count). The van der Waals surface area contributed by atoms with E-state index in [4.69, 9.17) is 9.84 Å². The molecule has 160 valence electrons. The molecule has 3 N–H and O–H groups in total. The van der Waals surface area contributed by atoms with Crippen LogP contribution >= 0.6 is 0 Å². The summed E-state index contributed by atoms with van der Waals surface area (Å²) in [6.07, 6.45) is 13.5. The van der Waals surface area contributed by atoms with Crippen LogP contribution < -0.4 is 0 Å². The number of carbonyl (C=O) groups is 2. The lowest BCUT2D eigenvalue weighted by Crippen LogP contribution is -2.36. The minimum absolute atomic E-state index is 0.0705. The summed E-state index contributed by atoms with van der Waals surface area (Å²) in [6, 6.07) is 0. The van der Waals surface area contributed by atoms with Gasteiger partial charge in [-0.15, -0.1) is 0 Å². The van der Waals surface area contributed by atoms with Crippen molar-refractivity contribution in [2.75, 3.05) is 19.8 Å². The van der Waals surface area contributed by atoms with Crippen LogP contribution in [0.2, 0.25) is 0 Å². The first kappa shape index (κ1) is 25.9. The van der Waals surface area contributed by atoms with Gasteiger partial charge in [0.15, 0.2) is 0 Å². The Morgan fingerprint density at radius 1 is 0.778 bits per heavy atom. The summed E-state index contributed by atoms with van der Waals surface area (Å²) in [5.41, 5.74) is -1.08. The van der Waals surface area contributed by atoms with Crippen molar-refractivity contribution in [2.24, 2.45) is 5.41 Å². The molecule has 0 unspecified atom stereocenters. The largest absolute Gasteiger partial charge is 0.481 e. The molecule has 27 heavy (non-hydrogen) atoms. The van der Waals surface area contributed by atoms with Gasteiger partial charge < -0.3 is 20.1 Å². The monoisotopic (exact) mass is 388 g/mol. The Kier molecular flexibility index (Phi) is 16.3. The van der Waals surface area contributed by atoms with E-state index in [1.54, 1.807) is 0 Å². The standard InChI is InChI=1S/C21H40O6/c1-2-3-4-5-6-7-8-9-10-11-12-13-20(26)27-18-21(16-22,17-23)15-14-19(24)25/h22-23H,2-18H2,1H3,(H,24,25). The molecule has 0 radical (unpaired) electrons. The smallest absolute Gasteiger partial charge is 0.305 e. The van der Waals surface area contributed by atoms with Gasteiger partial charge in [-0.3, -0.25) is 9.59 Å². The van der Waals surface area contributed by atoms with E-state index in [1.807, 2.05) is 0 Å². The van der Waals surface area contributed by atoms with E-state index < -0.39 is 24.6 Å². The molecule has 0 aliphatic heterocycles. The first-order chi connectivity index (χ1) is 13.0. The molecule has 6 nitrogen and oxygen atoms in total. The van der Waals surface area contributed by atoms with Gasteiger partial charge in [0.1, 0.15) is 6.61 Å². The minimum atomic E-state index is -1.08. The second kappa shape index (κ2) is 17.0. The molecule has 0 bridgehead atoms. The molecule has 0 saturated carbocycles. The summed E-state index contributed by atoms with van der Waals surface area (Å²) in [5.74, 6) is -1.36. The van der Waals surface area contributed by atoms with Crippen LogP contribution in [-0.4, -0.2) is 47.1 Å². The second-order valence-corrected chi connectivity index (χ2v) is 7.66. The number of carboxylic acids is 1. The third kappa shape index (κ3) is 14.6. The van der Waals surface area contributed by atoms with Gasteiger partial charge in [0, 0.05) is 12.8 Å². The number of carbonyl (C=O) groups excluding carboxylic acids is 1. The highest BCUT2D eigenvalue weighted by Gasteiger charge is 2.31. The van der Waals surface area contributed by atoms with E-state index in [0.29, 0.717) is 6.42 Å². The predicted octanol–water partition coefficient (Wildman–Crippen LogP) is 4.07. The van der Waals surface area contributed by atoms with Crippen molar-refractivity contribution in [1.29, 1.82) is 0 Å². The van der Waals surface area contributed by atoms with E-state index in [2.05, 4.69) is 6.92 Å². The van der Waals surface area contributed by atoms with E-state index in [1.165, 1.54) is 51.4 Å². The van der Waals surface area contributed by atoms with Gasteiger partial charge in [0.25, 0.3) is 0 Å². The fourth-order valence-electron chi connectivity index (χ4n) is 2.98. The molecule has 0 atom stereocenters. The summed E-state index contributed by atoms with van der Waals surface area (Å²) < 4.78 is 5.16. The Bertz CT molecular complexity index is 379. The highest BCUT2D eigenvalue weighted by Crippen LogP contribution is 2.24. The molecule has 0 heterocycles. The fraction of sp³-hybridized carbons (Fsp3) is 0.905. The molecule has 6 heteroatoms. The molecule has 0 aromatic carbocycles. The van der Waals surface area contributed by atoms with Crippen LogP contribution in [0.15, 0.2) is 0 Å². The van der Waals surface area contributed by atoms with Crippen molar-refractivity contribution in [3.05, 3.63) is 0 Å². The average molecular weight is 389 g/mol. The Balaban J connectivity index is 3.71. The topological polar surface area (TPSA) is 104 Å². The lowest BCUT2D eigenvalue weighted by Gasteiger charge is -2.28. The van der Waals surface area contributed by atoms with Gasteiger partial charge in [-0.05, 0) is 12.8 Å². The number of carboxylic acid groups (broad SMARTS) is 1. The number of esters is 1. The van der Waals surface area contributed by atoms with Crippen molar-refractivity contribution in [3.63, 3.8) is 0 Å². The Hall–Kier alpha value is -1.14. The highest BCUT2D eigenvalue weighted by atomic mass is 16.5. The van der Waals surface area contributed by atoms with Crippen molar-refractivity contribution in [2.45, 2.75) is 96.8 Å². The number of unbranched alkanes of at least 4 members (excludes halogenated alkanes) is 10. The number of aliphatic hydroxyl groups is 2. The van der Waals surface area contributed by atoms with E-state index >= 15 is 0 Å². The lowest BCUT2D eigenvalue weighted by atomic mass is 9.86. The highest BCUT2D eigenvalue weighted by molar-refractivity contribution is 5.69. The third-order valence-electron chi connectivity index (χ3n) is 5.06. The van der Waals surface area contributed by atoms with Crippen LogP contribution in [0.25, 0.3) is 0 Å². The second-order valence-electron chi connectivity index (χ2n) is 7.66. The zero-order valence-electron chi connectivity index (χ0n) is 17.1. The van der Waals surface area contributed by atoms with Gasteiger partial charge in [0.05, 0.1) is 18.6 Å². The summed E-state index contributed by atoms with van der Waals surface area (Å²) in [5, 5.41) is 27.6. The van der Waals surface area contributed by atoms with E-state index in [9.17, 15) is 19.8 Å². The van der Waals surface area contributed by atoms with Crippen molar-refractivity contribution in [1.82, 2.24) is 0 Å². The van der Waals surface area contributed by atoms with Crippen molar-refractivity contribution in [3.8, 4) is 0 Å². The molecular formula is C21H40O6. The number of rotatable bonds is 19. The Morgan fingerprint density at radius 2 is 1.26 bits per heavy atom. The molecule has 0 aromatic heterocycles. The van der Waals surface area contributed by atoms with Crippen LogP contribution in [0.1, 0.15) is 96.8 Å². The maximum Gasteiger partial charge on any atom is 0.305 e. The van der Waals surface area contributed by atoms with Crippen molar-refractivity contribution >= 4 is 11.9 Å². The van der Waals surface area contributed by atoms with Crippen LogP contribution in [0.5, 0.6) is 0 Å². The molecule has 0 aliphatic carbocycles. The zero-order valence-corrected chi connectivity index (χ0v) is 17.1. The number of aliphatic hydroxyl groups excluding tert-OH is 2. The van der Waals surface area contributed by atoms with Gasteiger partial charge in [-0.1, -0.05) is 71.1 Å². The number of hydrogen-bond donors (Lipinski definition) is 3. The first-order valence-corrected chi connectivity index (χ1v) is 10.6. The number of hydrogen-bond acceptors (Lipinski definition) is 5. The molecule has 0 aliphatic rings. The predicted molar refractivity (Wildman–Crippen MR) is 106 cm³/mol. The van der Waals surface area contributed by atoms with Gasteiger partial charge >= 0.3 is 11.9 Å². The van der Waals surface area contributed by atoms with E-state index in [-0.39, 0.29) is 25.4 Å². The molecule has 0 fully saturated rings. The van der Waals surface area contributed by atoms with Gasteiger partial charge in [-0.2, -0.15) is 0 Å². The third-order valence-corrected chi connectivity index (χ3v) is 5.06. The molecule has 0 amide bonds. The molecule has 0 aromatic rings. The SMILES string of the molecule is CCCCCCCCCCCCCC(=O)OCC(CO)(CO)CCC(=O)O. The normalized spacial score (nSPS) is 11.5. The summed E-state index contributed by atoms with van der Waals surface area (Å²) >= 11 is 0. The van der Waals surface area contributed by atoms with Crippen molar-refractivity contribution < 1.29 is 29.6 Å². The maximum absolute atomic E-state index is 11.8. The average Bonchev–Trinajstić information content (AvgIpc) is 2.66. The first-order valence-electron chi connectivity index (χ1n) is 10.6. The van der Waals surface area contributed by atoms with Crippen LogP contribution in [0.3, 0.4) is 0 Å². The Labute approximate surface area is 164 Å². The number of ether oxygens (including phenoxy) is 1. The quantitative estimate of drug-likeness (QED) is 0.228. The minimum Gasteiger partial charge on any atom is -0.481 e. The molecular weight excluding hydrogens is 348 g/mol. The summed E-state index contributed by atoms with van der Waals surface area (Å²) in [7, 11) is 0. The van der Waals surface area contributed by atoms with Gasteiger partial charge in [-0.25, -0.2) is 0 Å².